The molecule has 0 saturated heterocycles. The Kier molecular flexibility index (Phi) is 3.06. The Morgan fingerprint density at radius 2 is 2.29 bits per heavy atom. The molecule has 4 heteroatoms. The fourth-order valence-corrected chi connectivity index (χ4v) is 0.854. The van der Waals surface area contributed by atoms with Gasteiger partial charge < -0.3 is 10.4 Å². The summed E-state index contributed by atoms with van der Waals surface area (Å²) in [4.78, 5) is 14.8. The number of hydrogen-bond donors (Lipinski definition) is 2. The Morgan fingerprint density at radius 3 is 2.79 bits per heavy atom. The van der Waals surface area contributed by atoms with Gasteiger partial charge in [-0.25, -0.2) is 4.98 Å². The van der Waals surface area contributed by atoms with Gasteiger partial charge in [-0.1, -0.05) is 6.07 Å². The topological polar surface area (TPSA) is 62.2 Å². The summed E-state index contributed by atoms with van der Waals surface area (Å²) in [6.45, 7) is 3.70. The Morgan fingerprint density at radius 1 is 1.57 bits per heavy atom. The molecule has 0 unspecified atom stereocenters. The van der Waals surface area contributed by atoms with E-state index in [2.05, 4.69) is 10.3 Å². The summed E-state index contributed by atoms with van der Waals surface area (Å²) in [6, 6.07) is 5.47. The number of anilines is 1. The minimum absolute atomic E-state index is 0.360. The van der Waals surface area contributed by atoms with Gasteiger partial charge in [0.2, 0.25) is 0 Å². The number of nitrogens with one attached hydrogen (secondary N) is 1. The second kappa shape index (κ2) is 4.09. The third kappa shape index (κ3) is 2.73. The standard InChI is InChI=1S/C10H14N2O2/c1-10(2,9(13)14)7-12-8-5-3-4-6-11-8/h3-6H,7H2,1-2H3,(H,11,12)(H,13,14). The molecule has 0 aromatic carbocycles. The van der Waals surface area contributed by atoms with Crippen molar-refractivity contribution >= 4 is 11.8 Å². The zero-order chi connectivity index (χ0) is 10.6. The highest BCUT2D eigenvalue weighted by molar-refractivity contribution is 5.74. The number of carbonyl (C=O) groups is 1. The smallest absolute Gasteiger partial charge is 0.310 e. The van der Waals surface area contributed by atoms with Crippen molar-refractivity contribution in [3.63, 3.8) is 0 Å². The van der Waals surface area contributed by atoms with Gasteiger partial charge in [0.05, 0.1) is 5.41 Å². The van der Waals surface area contributed by atoms with Crippen LogP contribution in [0, 0.1) is 5.41 Å². The highest BCUT2D eigenvalue weighted by atomic mass is 16.4. The highest BCUT2D eigenvalue weighted by Gasteiger charge is 2.26. The fraction of sp³-hybridized carbons (Fsp3) is 0.400. The normalized spacial score (nSPS) is 11.0. The number of aliphatic carboxylic acids is 1. The average Bonchev–Trinajstić information content (AvgIpc) is 2.16. The van der Waals surface area contributed by atoms with E-state index in [4.69, 9.17) is 5.11 Å². The van der Waals surface area contributed by atoms with Gasteiger partial charge in [0.15, 0.2) is 0 Å². The van der Waals surface area contributed by atoms with Crippen molar-refractivity contribution in [3.05, 3.63) is 24.4 Å². The van der Waals surface area contributed by atoms with Crippen molar-refractivity contribution in [1.82, 2.24) is 4.98 Å². The van der Waals surface area contributed by atoms with E-state index in [0.717, 1.165) is 0 Å². The van der Waals surface area contributed by atoms with Crippen LogP contribution in [0.1, 0.15) is 13.8 Å². The Labute approximate surface area is 83.0 Å². The van der Waals surface area contributed by atoms with Gasteiger partial charge >= 0.3 is 5.97 Å². The Balaban J connectivity index is 2.53. The SMILES string of the molecule is CC(C)(CNc1ccccn1)C(=O)O. The predicted octanol–water partition coefficient (Wildman–Crippen LogP) is 1.60. The number of hydrogen-bond acceptors (Lipinski definition) is 3. The van der Waals surface area contributed by atoms with Crippen molar-refractivity contribution in [2.75, 3.05) is 11.9 Å². The molecule has 2 N–H and O–H groups in total. The first-order chi connectivity index (χ1) is 6.52. The van der Waals surface area contributed by atoms with E-state index in [1.54, 1.807) is 26.1 Å². The maximum absolute atomic E-state index is 10.8. The minimum atomic E-state index is -0.819. The first-order valence-corrected chi connectivity index (χ1v) is 4.41. The molecule has 14 heavy (non-hydrogen) atoms. The molecule has 1 heterocycles. The van der Waals surface area contributed by atoms with E-state index >= 15 is 0 Å². The van der Waals surface area contributed by atoms with Crippen molar-refractivity contribution in [3.8, 4) is 0 Å². The molecule has 1 aromatic heterocycles. The summed E-state index contributed by atoms with van der Waals surface area (Å²) in [5.41, 5.74) is -0.780. The number of pyridine rings is 1. The van der Waals surface area contributed by atoms with E-state index < -0.39 is 11.4 Å². The molecule has 0 aliphatic rings. The van der Waals surface area contributed by atoms with Gasteiger partial charge in [0.25, 0.3) is 0 Å². The van der Waals surface area contributed by atoms with E-state index in [1.165, 1.54) is 0 Å². The zero-order valence-electron chi connectivity index (χ0n) is 8.32. The molecular weight excluding hydrogens is 180 g/mol. The molecule has 0 saturated carbocycles. The molecule has 0 amide bonds. The third-order valence-electron chi connectivity index (χ3n) is 1.96. The monoisotopic (exact) mass is 194 g/mol. The first-order valence-electron chi connectivity index (χ1n) is 4.41. The second-order valence-electron chi connectivity index (χ2n) is 3.76. The van der Waals surface area contributed by atoms with Crippen molar-refractivity contribution in [1.29, 1.82) is 0 Å². The van der Waals surface area contributed by atoms with Crippen molar-refractivity contribution < 1.29 is 9.90 Å². The Bertz CT molecular complexity index is 309. The maximum atomic E-state index is 10.8. The molecule has 1 aromatic rings. The average molecular weight is 194 g/mol. The number of nitrogens with zero attached hydrogens (tertiary/aromatic N) is 1. The lowest BCUT2D eigenvalue weighted by molar-refractivity contribution is -0.146. The largest absolute Gasteiger partial charge is 0.481 e. The molecule has 4 nitrogen and oxygen atoms in total. The summed E-state index contributed by atoms with van der Waals surface area (Å²) >= 11 is 0. The van der Waals surface area contributed by atoms with Crippen LogP contribution in [0.25, 0.3) is 0 Å². The lowest BCUT2D eigenvalue weighted by Gasteiger charge is -2.19. The van der Waals surface area contributed by atoms with Crippen LogP contribution in [-0.2, 0) is 4.79 Å². The summed E-state index contributed by atoms with van der Waals surface area (Å²) in [7, 11) is 0. The number of rotatable bonds is 4. The zero-order valence-corrected chi connectivity index (χ0v) is 8.32. The van der Waals surface area contributed by atoms with Crippen LogP contribution >= 0.6 is 0 Å². The Hall–Kier alpha value is -1.58. The predicted molar refractivity (Wildman–Crippen MR) is 54.1 cm³/mol. The van der Waals surface area contributed by atoms with Gasteiger partial charge in [-0.2, -0.15) is 0 Å². The molecule has 0 aliphatic carbocycles. The van der Waals surface area contributed by atoms with Gasteiger partial charge in [-0.15, -0.1) is 0 Å². The van der Waals surface area contributed by atoms with Gasteiger partial charge in [-0.05, 0) is 26.0 Å². The van der Waals surface area contributed by atoms with Crippen molar-refractivity contribution in [2.24, 2.45) is 5.41 Å². The quantitative estimate of drug-likeness (QED) is 0.764. The van der Waals surface area contributed by atoms with E-state index in [9.17, 15) is 4.79 Å². The highest BCUT2D eigenvalue weighted by Crippen LogP contribution is 2.15. The number of aromatic nitrogens is 1. The minimum Gasteiger partial charge on any atom is -0.481 e. The summed E-state index contributed by atoms with van der Waals surface area (Å²) in [6.07, 6.45) is 1.66. The number of carboxylic acids is 1. The summed E-state index contributed by atoms with van der Waals surface area (Å²) in [5, 5.41) is 11.8. The molecule has 0 fully saturated rings. The lowest BCUT2D eigenvalue weighted by Crippen LogP contribution is -2.31. The van der Waals surface area contributed by atoms with Crippen LogP contribution in [0.15, 0.2) is 24.4 Å². The maximum Gasteiger partial charge on any atom is 0.310 e. The number of carboxylic acid groups (broad SMARTS) is 1. The molecule has 1 rings (SSSR count). The van der Waals surface area contributed by atoms with E-state index in [1.807, 2.05) is 12.1 Å². The third-order valence-corrected chi connectivity index (χ3v) is 1.96. The molecular formula is C10H14N2O2. The second-order valence-corrected chi connectivity index (χ2v) is 3.76. The van der Waals surface area contributed by atoms with Crippen molar-refractivity contribution in [2.45, 2.75) is 13.8 Å². The fourth-order valence-electron chi connectivity index (χ4n) is 0.854. The van der Waals surface area contributed by atoms with Crippen LogP contribution < -0.4 is 5.32 Å². The molecule has 0 radical (unpaired) electrons. The first kappa shape index (κ1) is 10.5. The van der Waals surface area contributed by atoms with Crippen LogP contribution in [0.2, 0.25) is 0 Å². The lowest BCUT2D eigenvalue weighted by atomic mass is 9.94. The van der Waals surface area contributed by atoms with E-state index in [-0.39, 0.29) is 0 Å². The van der Waals surface area contributed by atoms with Crippen LogP contribution in [-0.4, -0.2) is 22.6 Å². The van der Waals surface area contributed by atoms with Gasteiger partial charge in [0, 0.05) is 12.7 Å². The van der Waals surface area contributed by atoms with Gasteiger partial charge in [-0.3, -0.25) is 4.79 Å². The summed E-state index contributed by atoms with van der Waals surface area (Å²) in [5.74, 6) is -0.122. The molecule has 0 bridgehead atoms. The van der Waals surface area contributed by atoms with E-state index in [0.29, 0.717) is 12.4 Å². The molecule has 0 atom stereocenters. The molecule has 76 valence electrons. The summed E-state index contributed by atoms with van der Waals surface area (Å²) < 4.78 is 0. The van der Waals surface area contributed by atoms with Crippen LogP contribution in [0.5, 0.6) is 0 Å². The van der Waals surface area contributed by atoms with Crippen LogP contribution in [0.3, 0.4) is 0 Å². The molecule has 0 aliphatic heterocycles. The molecule has 0 spiro atoms. The van der Waals surface area contributed by atoms with Crippen LogP contribution in [0.4, 0.5) is 5.82 Å². The van der Waals surface area contributed by atoms with Gasteiger partial charge in [0.1, 0.15) is 5.82 Å².